The predicted molar refractivity (Wildman–Crippen MR) is 83.0 cm³/mol. The summed E-state index contributed by atoms with van der Waals surface area (Å²) in [5.41, 5.74) is 7.75. The number of rotatable bonds is 2. The van der Waals surface area contributed by atoms with E-state index in [1.807, 2.05) is 24.3 Å². The Morgan fingerprint density at radius 3 is 2.57 bits per heavy atom. The van der Waals surface area contributed by atoms with Gasteiger partial charge in [0.05, 0.1) is 29.9 Å². The molecule has 0 spiro atoms. The van der Waals surface area contributed by atoms with Crippen LogP contribution in [0.3, 0.4) is 0 Å². The van der Waals surface area contributed by atoms with E-state index in [4.69, 9.17) is 18.0 Å². The van der Waals surface area contributed by atoms with E-state index in [1.54, 1.807) is 11.1 Å². The lowest BCUT2D eigenvalue weighted by molar-refractivity contribution is -0.130. The number of pyridine rings is 1. The van der Waals surface area contributed by atoms with Gasteiger partial charge in [-0.3, -0.25) is 19.9 Å². The van der Waals surface area contributed by atoms with Crippen molar-refractivity contribution in [2.75, 3.05) is 18.0 Å². The minimum absolute atomic E-state index is 0.0787. The van der Waals surface area contributed by atoms with E-state index in [9.17, 15) is 9.59 Å². The number of nitrogens with one attached hydrogen (secondary N) is 1. The number of hydrogen-bond donors (Lipinski definition) is 2. The zero-order valence-electron chi connectivity index (χ0n) is 11.0. The molecule has 1 aliphatic rings. The van der Waals surface area contributed by atoms with Crippen LogP contribution < -0.4 is 16.0 Å². The normalized spacial score (nSPS) is 15.1. The van der Waals surface area contributed by atoms with Crippen LogP contribution in [0.5, 0.6) is 0 Å². The van der Waals surface area contributed by atoms with Crippen molar-refractivity contribution >= 4 is 45.6 Å². The molecule has 2 heterocycles. The quantitative estimate of drug-likeness (QED) is 0.614. The minimum Gasteiger partial charge on any atom is -0.389 e. The van der Waals surface area contributed by atoms with Crippen LogP contribution >= 0.6 is 12.2 Å². The number of thiocarbonyl (C=S) groups is 1. The SMILES string of the molecule is NC(=S)c1cnc2ccccc2c1N1CC(=O)NC(=O)C1. The maximum absolute atomic E-state index is 11.6. The molecule has 0 saturated carbocycles. The highest BCUT2D eigenvalue weighted by Crippen LogP contribution is 2.30. The summed E-state index contributed by atoms with van der Waals surface area (Å²) in [6.07, 6.45) is 1.58. The maximum Gasteiger partial charge on any atom is 0.246 e. The third-order valence-corrected chi connectivity index (χ3v) is 3.50. The van der Waals surface area contributed by atoms with E-state index >= 15 is 0 Å². The van der Waals surface area contributed by atoms with Crippen molar-refractivity contribution in [3.8, 4) is 0 Å². The summed E-state index contributed by atoms with van der Waals surface area (Å²) >= 11 is 5.07. The monoisotopic (exact) mass is 300 g/mol. The van der Waals surface area contributed by atoms with Gasteiger partial charge in [-0.15, -0.1) is 0 Å². The first kappa shape index (κ1) is 13.4. The van der Waals surface area contributed by atoms with Crippen molar-refractivity contribution in [2.24, 2.45) is 5.73 Å². The topological polar surface area (TPSA) is 88.3 Å². The highest BCUT2D eigenvalue weighted by Gasteiger charge is 2.26. The molecule has 0 atom stereocenters. The van der Waals surface area contributed by atoms with Crippen LogP contribution in [0, 0.1) is 0 Å². The van der Waals surface area contributed by atoms with E-state index in [1.165, 1.54) is 0 Å². The summed E-state index contributed by atoms with van der Waals surface area (Å²) < 4.78 is 0. The van der Waals surface area contributed by atoms with Crippen LogP contribution in [0.2, 0.25) is 0 Å². The molecule has 1 aliphatic heterocycles. The van der Waals surface area contributed by atoms with Gasteiger partial charge in [0, 0.05) is 11.6 Å². The van der Waals surface area contributed by atoms with E-state index < -0.39 is 0 Å². The van der Waals surface area contributed by atoms with Gasteiger partial charge in [-0.2, -0.15) is 0 Å². The first-order valence-electron chi connectivity index (χ1n) is 6.31. The molecule has 0 bridgehead atoms. The summed E-state index contributed by atoms with van der Waals surface area (Å²) in [7, 11) is 0. The molecule has 2 aromatic rings. The van der Waals surface area contributed by atoms with Gasteiger partial charge in [-0.25, -0.2) is 0 Å². The van der Waals surface area contributed by atoms with Gasteiger partial charge < -0.3 is 10.6 Å². The Bertz CT molecular complexity index is 759. The lowest BCUT2D eigenvalue weighted by Gasteiger charge is -2.30. The summed E-state index contributed by atoms with van der Waals surface area (Å²) in [5, 5.41) is 3.09. The molecule has 6 nitrogen and oxygen atoms in total. The Morgan fingerprint density at radius 1 is 1.24 bits per heavy atom. The molecule has 0 unspecified atom stereocenters. The van der Waals surface area contributed by atoms with Gasteiger partial charge >= 0.3 is 0 Å². The first-order valence-corrected chi connectivity index (χ1v) is 6.72. The van der Waals surface area contributed by atoms with Gasteiger partial charge in [0.2, 0.25) is 11.8 Å². The van der Waals surface area contributed by atoms with Gasteiger partial charge in [-0.05, 0) is 6.07 Å². The molecular formula is C14H12N4O2S. The minimum atomic E-state index is -0.346. The van der Waals surface area contributed by atoms with E-state index in [0.717, 1.165) is 10.9 Å². The molecule has 1 aromatic carbocycles. The number of imide groups is 1. The van der Waals surface area contributed by atoms with Crippen molar-refractivity contribution < 1.29 is 9.59 Å². The lowest BCUT2D eigenvalue weighted by Crippen LogP contribution is -2.52. The second kappa shape index (κ2) is 5.10. The lowest BCUT2D eigenvalue weighted by atomic mass is 10.1. The summed E-state index contributed by atoms with van der Waals surface area (Å²) in [6, 6.07) is 7.46. The van der Waals surface area contributed by atoms with Crippen molar-refractivity contribution in [3.63, 3.8) is 0 Å². The summed E-state index contributed by atoms with van der Waals surface area (Å²) in [6.45, 7) is 0.157. The smallest absolute Gasteiger partial charge is 0.246 e. The van der Waals surface area contributed by atoms with Crippen molar-refractivity contribution in [1.82, 2.24) is 10.3 Å². The fourth-order valence-electron chi connectivity index (χ4n) is 2.44. The third-order valence-electron chi connectivity index (χ3n) is 3.28. The molecule has 3 N–H and O–H groups in total. The third kappa shape index (κ3) is 2.43. The van der Waals surface area contributed by atoms with Crippen LogP contribution in [0.1, 0.15) is 5.56 Å². The maximum atomic E-state index is 11.6. The van der Waals surface area contributed by atoms with Crippen LogP contribution in [-0.4, -0.2) is 34.9 Å². The fraction of sp³-hybridized carbons (Fsp3) is 0.143. The molecule has 1 fully saturated rings. The van der Waals surface area contributed by atoms with E-state index in [0.29, 0.717) is 11.3 Å². The first-order chi connectivity index (χ1) is 10.1. The van der Waals surface area contributed by atoms with Crippen molar-refractivity contribution in [2.45, 2.75) is 0 Å². The number of anilines is 1. The molecular weight excluding hydrogens is 288 g/mol. The Labute approximate surface area is 125 Å². The number of nitrogens with two attached hydrogens (primary N) is 1. The van der Waals surface area contributed by atoms with Crippen molar-refractivity contribution in [1.29, 1.82) is 0 Å². The molecule has 3 rings (SSSR count). The Morgan fingerprint density at radius 2 is 1.90 bits per heavy atom. The Kier molecular flexibility index (Phi) is 3.26. The molecule has 0 aliphatic carbocycles. The van der Waals surface area contributed by atoms with E-state index in [-0.39, 0.29) is 29.9 Å². The van der Waals surface area contributed by atoms with Crippen LogP contribution in [-0.2, 0) is 9.59 Å². The van der Waals surface area contributed by atoms with Gasteiger partial charge in [0.15, 0.2) is 0 Å². The number of fused-ring (bicyclic) bond motifs is 1. The highest BCUT2D eigenvalue weighted by molar-refractivity contribution is 7.80. The zero-order chi connectivity index (χ0) is 15.0. The summed E-state index contributed by atoms with van der Waals surface area (Å²) in [5.74, 6) is -0.693. The number of benzene rings is 1. The average Bonchev–Trinajstić information content (AvgIpc) is 2.44. The van der Waals surface area contributed by atoms with Crippen LogP contribution in [0.4, 0.5) is 5.69 Å². The largest absolute Gasteiger partial charge is 0.389 e. The van der Waals surface area contributed by atoms with Gasteiger partial charge in [0.1, 0.15) is 4.99 Å². The second-order valence-electron chi connectivity index (χ2n) is 4.73. The number of carbonyl (C=O) groups is 2. The van der Waals surface area contributed by atoms with E-state index in [2.05, 4.69) is 10.3 Å². The molecule has 0 radical (unpaired) electrons. The molecule has 21 heavy (non-hydrogen) atoms. The van der Waals surface area contributed by atoms with Crippen LogP contribution in [0.15, 0.2) is 30.5 Å². The molecule has 1 aromatic heterocycles. The second-order valence-corrected chi connectivity index (χ2v) is 5.17. The Balaban J connectivity index is 2.23. The molecule has 1 saturated heterocycles. The number of carbonyl (C=O) groups excluding carboxylic acids is 2. The Hall–Kier alpha value is -2.54. The predicted octanol–water partition coefficient (Wildman–Crippen LogP) is 0.332. The standard InChI is InChI=1S/C14H12N4O2S/c15-14(21)9-5-16-10-4-2-1-3-8(10)13(9)18-6-11(19)17-12(20)7-18/h1-5H,6-7H2,(H2,15,21)(H,17,19,20). The molecule has 106 valence electrons. The van der Waals surface area contributed by atoms with Crippen LogP contribution in [0.25, 0.3) is 10.9 Å². The number of piperazine rings is 1. The number of nitrogens with zero attached hydrogens (tertiary/aromatic N) is 2. The van der Waals surface area contributed by atoms with Gasteiger partial charge in [0.25, 0.3) is 0 Å². The fourth-order valence-corrected chi connectivity index (χ4v) is 2.59. The zero-order valence-corrected chi connectivity index (χ0v) is 11.8. The van der Waals surface area contributed by atoms with Gasteiger partial charge in [-0.1, -0.05) is 30.4 Å². The number of hydrogen-bond acceptors (Lipinski definition) is 5. The number of aromatic nitrogens is 1. The number of para-hydroxylation sites is 1. The number of amides is 2. The molecule has 2 amide bonds. The summed E-state index contributed by atoms with van der Waals surface area (Å²) in [4.78, 5) is 29.4. The van der Waals surface area contributed by atoms with Crippen molar-refractivity contribution in [3.05, 3.63) is 36.0 Å². The average molecular weight is 300 g/mol. The molecule has 7 heteroatoms. The highest BCUT2D eigenvalue weighted by atomic mass is 32.1.